The summed E-state index contributed by atoms with van der Waals surface area (Å²) in [6.45, 7) is 1.52. The Hall–Kier alpha value is -2.13. The van der Waals surface area contributed by atoms with Crippen LogP contribution in [-0.2, 0) is 23.6 Å². The maximum absolute atomic E-state index is 12.2. The molecule has 0 amide bonds. The highest BCUT2D eigenvalue weighted by atomic mass is 32.2. The van der Waals surface area contributed by atoms with Crippen molar-refractivity contribution in [2.45, 2.75) is 18.4 Å². The smallest absolute Gasteiger partial charge is 0.357 e. The molecule has 9 heteroatoms. The first-order chi connectivity index (χ1) is 9.33. The van der Waals surface area contributed by atoms with Crippen molar-refractivity contribution in [3.63, 3.8) is 0 Å². The van der Waals surface area contributed by atoms with Crippen molar-refractivity contribution in [3.05, 3.63) is 35.4 Å². The summed E-state index contributed by atoms with van der Waals surface area (Å²) in [7, 11) is -2.17. The topological polar surface area (TPSA) is 117 Å². The van der Waals surface area contributed by atoms with Crippen molar-refractivity contribution in [2.75, 3.05) is 0 Å². The van der Waals surface area contributed by atoms with Gasteiger partial charge < -0.3 is 9.67 Å². The van der Waals surface area contributed by atoms with Crippen LogP contribution in [0, 0.1) is 6.92 Å². The van der Waals surface area contributed by atoms with Crippen LogP contribution in [0.5, 0.6) is 0 Å². The van der Waals surface area contributed by atoms with E-state index in [9.17, 15) is 13.2 Å². The molecule has 2 rings (SSSR count). The number of nitrogens with one attached hydrogen (secondary N) is 2. The van der Waals surface area contributed by atoms with Gasteiger partial charge in [-0.1, -0.05) is 0 Å². The van der Waals surface area contributed by atoms with Crippen molar-refractivity contribution < 1.29 is 18.3 Å². The van der Waals surface area contributed by atoms with Crippen molar-refractivity contribution in [2.24, 2.45) is 7.05 Å². The number of carboxylic acids is 1. The molecule has 3 N–H and O–H groups in total. The summed E-state index contributed by atoms with van der Waals surface area (Å²) in [6, 6.07) is 3.55. The number of rotatable bonds is 5. The standard InChI is InChI=1S/C11H14N4O4S/c1-7-10(9(11(16)17)14-13-7)20(18,19)12-6-8-4-3-5-15(8)2/h3-5,12H,6H2,1-2H3,(H,13,14)(H,16,17). The Balaban J connectivity index is 2.29. The molecule has 0 unspecified atom stereocenters. The molecule has 0 aliphatic rings. The maximum atomic E-state index is 12.2. The zero-order valence-corrected chi connectivity index (χ0v) is 11.7. The molecule has 0 radical (unpaired) electrons. The summed E-state index contributed by atoms with van der Waals surface area (Å²) in [4.78, 5) is 10.7. The third-order valence-corrected chi connectivity index (χ3v) is 4.42. The van der Waals surface area contributed by atoms with Gasteiger partial charge >= 0.3 is 5.97 Å². The lowest BCUT2D eigenvalue weighted by Crippen LogP contribution is -2.26. The molecule has 2 heterocycles. The Morgan fingerprint density at radius 3 is 2.80 bits per heavy atom. The van der Waals surface area contributed by atoms with Gasteiger partial charge in [0.15, 0.2) is 5.69 Å². The zero-order valence-electron chi connectivity index (χ0n) is 10.9. The second-order valence-electron chi connectivity index (χ2n) is 4.27. The van der Waals surface area contributed by atoms with Crippen LogP contribution < -0.4 is 4.72 Å². The molecule has 0 bridgehead atoms. The van der Waals surface area contributed by atoms with E-state index in [-0.39, 0.29) is 17.1 Å². The van der Waals surface area contributed by atoms with Gasteiger partial charge in [0.2, 0.25) is 10.0 Å². The average molecular weight is 298 g/mol. The van der Waals surface area contributed by atoms with Crippen LogP contribution in [0.4, 0.5) is 0 Å². The number of hydrogen-bond donors (Lipinski definition) is 3. The first-order valence-electron chi connectivity index (χ1n) is 5.71. The van der Waals surface area contributed by atoms with Crippen molar-refractivity contribution in [1.29, 1.82) is 0 Å². The second-order valence-corrected chi connectivity index (χ2v) is 5.97. The molecule has 0 aliphatic heterocycles. The lowest BCUT2D eigenvalue weighted by molar-refractivity contribution is 0.0686. The van der Waals surface area contributed by atoms with Gasteiger partial charge in [-0.15, -0.1) is 0 Å². The molecule has 108 valence electrons. The van der Waals surface area contributed by atoms with Gasteiger partial charge in [0, 0.05) is 18.9 Å². The van der Waals surface area contributed by atoms with E-state index < -0.39 is 21.7 Å². The quantitative estimate of drug-likeness (QED) is 0.730. The molecule has 8 nitrogen and oxygen atoms in total. The molecule has 20 heavy (non-hydrogen) atoms. The number of sulfonamides is 1. The van der Waals surface area contributed by atoms with E-state index in [2.05, 4.69) is 14.9 Å². The first-order valence-corrected chi connectivity index (χ1v) is 7.19. The minimum atomic E-state index is -3.95. The molecule has 2 aromatic heterocycles. The van der Waals surface area contributed by atoms with Crippen molar-refractivity contribution in [1.82, 2.24) is 19.5 Å². The Morgan fingerprint density at radius 2 is 2.25 bits per heavy atom. The molecule has 0 fully saturated rings. The number of H-pyrrole nitrogens is 1. The van der Waals surface area contributed by atoms with Gasteiger partial charge in [-0.2, -0.15) is 5.10 Å². The number of nitrogens with zero attached hydrogens (tertiary/aromatic N) is 2. The summed E-state index contributed by atoms with van der Waals surface area (Å²) in [6.07, 6.45) is 1.79. The molecule has 0 atom stereocenters. The van der Waals surface area contributed by atoms with E-state index in [0.29, 0.717) is 0 Å². The molecule has 0 spiro atoms. The highest BCUT2D eigenvalue weighted by Crippen LogP contribution is 2.17. The predicted octanol–water partition coefficient (Wildman–Crippen LogP) is 0.233. The number of hydrogen-bond acceptors (Lipinski definition) is 4. The van der Waals surface area contributed by atoms with Gasteiger partial charge in [0.05, 0.1) is 12.2 Å². The van der Waals surface area contributed by atoms with E-state index in [1.165, 1.54) is 6.92 Å². The Bertz CT molecular complexity index is 744. The van der Waals surface area contributed by atoms with Crippen LogP contribution in [0.1, 0.15) is 21.9 Å². The molecular formula is C11H14N4O4S. The predicted molar refractivity (Wildman–Crippen MR) is 69.7 cm³/mol. The number of aryl methyl sites for hydroxylation is 2. The van der Waals surface area contributed by atoms with Gasteiger partial charge in [0.25, 0.3) is 0 Å². The van der Waals surface area contributed by atoms with Crippen LogP contribution in [0.15, 0.2) is 23.2 Å². The number of aromatic nitrogens is 3. The highest BCUT2D eigenvalue weighted by molar-refractivity contribution is 7.89. The molecule has 2 aromatic rings. The Morgan fingerprint density at radius 1 is 1.55 bits per heavy atom. The minimum Gasteiger partial charge on any atom is -0.476 e. The monoisotopic (exact) mass is 298 g/mol. The fourth-order valence-electron chi connectivity index (χ4n) is 1.81. The SMILES string of the molecule is Cc1[nH]nc(C(=O)O)c1S(=O)(=O)NCc1cccn1C. The van der Waals surface area contributed by atoms with Crippen LogP contribution in [0.3, 0.4) is 0 Å². The molecular weight excluding hydrogens is 284 g/mol. The lowest BCUT2D eigenvalue weighted by Gasteiger charge is -2.07. The van der Waals surface area contributed by atoms with Crippen molar-refractivity contribution >= 4 is 16.0 Å². The number of aromatic amines is 1. The number of carbonyl (C=O) groups is 1. The summed E-state index contributed by atoms with van der Waals surface area (Å²) < 4.78 is 28.5. The maximum Gasteiger partial charge on any atom is 0.357 e. The normalized spacial score (nSPS) is 11.7. The summed E-state index contributed by atoms with van der Waals surface area (Å²) in [5.74, 6) is -1.39. The van der Waals surface area contributed by atoms with Crippen LogP contribution in [0.25, 0.3) is 0 Å². The molecule has 0 saturated heterocycles. The van der Waals surface area contributed by atoms with E-state index in [0.717, 1.165) is 5.69 Å². The van der Waals surface area contributed by atoms with E-state index in [4.69, 9.17) is 5.11 Å². The largest absolute Gasteiger partial charge is 0.476 e. The van der Waals surface area contributed by atoms with Crippen LogP contribution >= 0.6 is 0 Å². The molecule has 0 aromatic carbocycles. The average Bonchev–Trinajstić information content (AvgIpc) is 2.93. The summed E-state index contributed by atoms with van der Waals surface area (Å²) in [5.41, 5.74) is 0.426. The van der Waals surface area contributed by atoms with E-state index in [1.807, 2.05) is 0 Å². The third-order valence-electron chi connectivity index (χ3n) is 2.86. The number of aromatic carboxylic acids is 1. The third kappa shape index (κ3) is 2.58. The van der Waals surface area contributed by atoms with E-state index >= 15 is 0 Å². The second kappa shape index (κ2) is 5.10. The summed E-state index contributed by atoms with van der Waals surface area (Å²) >= 11 is 0. The fourth-order valence-corrected chi connectivity index (χ4v) is 3.13. The first kappa shape index (κ1) is 14.3. The molecule has 0 saturated carbocycles. The van der Waals surface area contributed by atoms with Crippen molar-refractivity contribution in [3.8, 4) is 0 Å². The van der Waals surface area contributed by atoms with E-state index in [1.54, 1.807) is 29.9 Å². The highest BCUT2D eigenvalue weighted by Gasteiger charge is 2.28. The van der Waals surface area contributed by atoms with Gasteiger partial charge in [-0.3, -0.25) is 5.10 Å². The van der Waals surface area contributed by atoms with Gasteiger partial charge in [0.1, 0.15) is 4.90 Å². The van der Waals surface area contributed by atoms with Gasteiger partial charge in [-0.05, 0) is 19.1 Å². The molecule has 0 aliphatic carbocycles. The Kier molecular flexibility index (Phi) is 3.64. The minimum absolute atomic E-state index is 0.0650. The van der Waals surface area contributed by atoms with Crippen LogP contribution in [0.2, 0.25) is 0 Å². The van der Waals surface area contributed by atoms with Gasteiger partial charge in [-0.25, -0.2) is 17.9 Å². The van der Waals surface area contributed by atoms with Crippen LogP contribution in [-0.4, -0.2) is 34.3 Å². The Labute approximate surface area is 115 Å². The number of carboxylic acid groups (broad SMARTS) is 1. The summed E-state index contributed by atoms with van der Waals surface area (Å²) in [5, 5.41) is 14.8. The lowest BCUT2D eigenvalue weighted by atomic mass is 10.4. The fraction of sp³-hybridized carbons (Fsp3) is 0.273. The zero-order chi connectivity index (χ0) is 14.9.